The van der Waals surface area contributed by atoms with Gasteiger partial charge in [-0.1, -0.05) is 18.2 Å². The second-order valence-electron chi connectivity index (χ2n) is 7.40. The Morgan fingerprint density at radius 2 is 1.93 bits per heavy atom. The van der Waals surface area contributed by atoms with Crippen LogP contribution < -0.4 is 5.56 Å². The molecule has 144 valence electrons. The van der Waals surface area contributed by atoms with E-state index in [9.17, 15) is 14.1 Å². The summed E-state index contributed by atoms with van der Waals surface area (Å²) < 4.78 is 19.0. The molecule has 3 rings (SSSR count). The predicted molar refractivity (Wildman–Crippen MR) is 103 cm³/mol. The SMILES string of the molecule is C[S+]([O-])c1nc2c(c(=O)n1-c1ccccc1)CN(C(=O)OC(C)(C)C)CC2. The van der Waals surface area contributed by atoms with Gasteiger partial charge in [0, 0.05) is 24.1 Å². The second kappa shape index (κ2) is 7.36. The molecule has 0 fully saturated rings. The van der Waals surface area contributed by atoms with Crippen LogP contribution in [0.4, 0.5) is 4.79 Å². The molecule has 27 heavy (non-hydrogen) atoms. The highest BCUT2D eigenvalue weighted by Gasteiger charge is 2.31. The smallest absolute Gasteiger partial charge is 0.410 e. The molecule has 1 aliphatic rings. The van der Waals surface area contributed by atoms with E-state index in [-0.39, 0.29) is 17.3 Å². The number of carbonyl (C=O) groups excluding carboxylic acids is 1. The molecule has 0 bridgehead atoms. The molecule has 1 amide bonds. The van der Waals surface area contributed by atoms with Crippen molar-refractivity contribution < 1.29 is 14.1 Å². The van der Waals surface area contributed by atoms with Gasteiger partial charge in [-0.15, -0.1) is 0 Å². The van der Waals surface area contributed by atoms with Crippen molar-refractivity contribution >= 4 is 17.3 Å². The summed E-state index contributed by atoms with van der Waals surface area (Å²) >= 11 is -1.43. The van der Waals surface area contributed by atoms with Crippen molar-refractivity contribution in [2.45, 2.75) is 44.5 Å². The van der Waals surface area contributed by atoms with Gasteiger partial charge in [0.25, 0.3) is 5.56 Å². The summed E-state index contributed by atoms with van der Waals surface area (Å²) in [5, 5.41) is 0.218. The number of amides is 1. The Hall–Kier alpha value is -2.32. The van der Waals surface area contributed by atoms with E-state index in [0.717, 1.165) is 0 Å². The summed E-state index contributed by atoms with van der Waals surface area (Å²) in [6, 6.07) is 8.97. The summed E-state index contributed by atoms with van der Waals surface area (Å²) in [6.45, 7) is 5.93. The number of para-hydroxylation sites is 1. The maximum atomic E-state index is 13.2. The highest BCUT2D eigenvalue weighted by molar-refractivity contribution is 7.90. The van der Waals surface area contributed by atoms with Crippen LogP contribution in [0.1, 0.15) is 32.0 Å². The van der Waals surface area contributed by atoms with Crippen LogP contribution in [0.5, 0.6) is 0 Å². The molecular formula is C19H23N3O4S. The molecule has 1 atom stereocenters. The van der Waals surface area contributed by atoms with Gasteiger partial charge >= 0.3 is 11.2 Å². The van der Waals surface area contributed by atoms with Crippen LogP contribution in [0.15, 0.2) is 40.3 Å². The van der Waals surface area contributed by atoms with Gasteiger partial charge in [-0.05, 0) is 32.9 Å². The van der Waals surface area contributed by atoms with Crippen molar-refractivity contribution in [3.63, 3.8) is 0 Å². The minimum Gasteiger partial charge on any atom is -0.609 e. The molecule has 2 aromatic rings. The zero-order chi connectivity index (χ0) is 19.8. The minimum absolute atomic E-state index is 0.125. The maximum Gasteiger partial charge on any atom is 0.410 e. The van der Waals surface area contributed by atoms with Crippen molar-refractivity contribution in [1.29, 1.82) is 0 Å². The second-order valence-corrected chi connectivity index (χ2v) is 8.68. The summed E-state index contributed by atoms with van der Waals surface area (Å²) in [6.07, 6.45) is 1.47. The topological polar surface area (TPSA) is 87.5 Å². The number of rotatable bonds is 2. The molecule has 8 heteroatoms. The van der Waals surface area contributed by atoms with Crippen molar-refractivity contribution in [2.75, 3.05) is 12.8 Å². The van der Waals surface area contributed by atoms with Crippen LogP contribution in [-0.2, 0) is 28.9 Å². The van der Waals surface area contributed by atoms with E-state index in [0.29, 0.717) is 29.9 Å². The van der Waals surface area contributed by atoms with Gasteiger partial charge in [-0.25, -0.2) is 9.36 Å². The van der Waals surface area contributed by atoms with Crippen molar-refractivity contribution in [3.05, 3.63) is 51.9 Å². The van der Waals surface area contributed by atoms with Crippen LogP contribution in [0.25, 0.3) is 5.69 Å². The van der Waals surface area contributed by atoms with E-state index < -0.39 is 22.9 Å². The van der Waals surface area contributed by atoms with Gasteiger partial charge in [0.05, 0.1) is 23.5 Å². The van der Waals surface area contributed by atoms with Crippen LogP contribution in [0, 0.1) is 0 Å². The number of ether oxygens (including phenoxy) is 1. The van der Waals surface area contributed by atoms with Crippen LogP contribution in [-0.4, -0.2) is 43.5 Å². The molecule has 0 radical (unpaired) electrons. The molecule has 2 heterocycles. The van der Waals surface area contributed by atoms with Gasteiger partial charge < -0.3 is 14.2 Å². The molecule has 1 aliphatic heterocycles. The van der Waals surface area contributed by atoms with Crippen LogP contribution in [0.2, 0.25) is 0 Å². The lowest BCUT2D eigenvalue weighted by atomic mass is 10.1. The lowest BCUT2D eigenvalue weighted by Gasteiger charge is -2.30. The number of aromatic nitrogens is 2. The van der Waals surface area contributed by atoms with Gasteiger partial charge in [0.2, 0.25) is 0 Å². The number of nitrogens with zero attached hydrogens (tertiary/aromatic N) is 3. The van der Waals surface area contributed by atoms with Gasteiger partial charge in [-0.3, -0.25) is 4.79 Å². The number of fused-ring (bicyclic) bond motifs is 1. The van der Waals surface area contributed by atoms with Gasteiger partial charge in [0.1, 0.15) is 11.9 Å². The number of hydrogen-bond donors (Lipinski definition) is 0. The minimum atomic E-state index is -1.43. The molecule has 1 aromatic carbocycles. The highest BCUT2D eigenvalue weighted by Crippen LogP contribution is 2.21. The largest absolute Gasteiger partial charge is 0.609 e. The summed E-state index contributed by atoms with van der Waals surface area (Å²) in [5.41, 5.74) is 0.715. The fourth-order valence-electron chi connectivity index (χ4n) is 2.93. The van der Waals surface area contributed by atoms with E-state index in [1.54, 1.807) is 45.0 Å². The molecule has 0 N–H and O–H groups in total. The lowest BCUT2D eigenvalue weighted by molar-refractivity contribution is 0.0221. The van der Waals surface area contributed by atoms with Crippen molar-refractivity contribution in [1.82, 2.24) is 14.5 Å². The maximum absolute atomic E-state index is 13.2. The predicted octanol–water partition coefficient (Wildman–Crippen LogP) is 2.26. The first-order chi connectivity index (χ1) is 12.7. The van der Waals surface area contributed by atoms with Gasteiger partial charge in [0.15, 0.2) is 0 Å². The Balaban J connectivity index is 2.04. The quantitative estimate of drug-likeness (QED) is 0.581. The third-order valence-corrected chi connectivity index (χ3v) is 4.91. The van der Waals surface area contributed by atoms with Crippen molar-refractivity contribution in [2.24, 2.45) is 0 Å². The molecule has 7 nitrogen and oxygen atoms in total. The zero-order valence-corrected chi connectivity index (χ0v) is 16.7. The first-order valence-electron chi connectivity index (χ1n) is 8.69. The van der Waals surface area contributed by atoms with E-state index in [1.807, 2.05) is 6.07 Å². The van der Waals surface area contributed by atoms with E-state index in [1.165, 1.54) is 15.7 Å². The molecule has 0 saturated carbocycles. The van der Waals surface area contributed by atoms with E-state index >= 15 is 0 Å². The van der Waals surface area contributed by atoms with Crippen molar-refractivity contribution in [3.8, 4) is 5.69 Å². The Kier molecular flexibility index (Phi) is 5.30. The van der Waals surface area contributed by atoms with Gasteiger partial charge in [-0.2, -0.15) is 4.98 Å². The molecule has 0 aliphatic carbocycles. The normalized spacial score (nSPS) is 15.2. The molecule has 0 spiro atoms. The Labute approximate surface area is 161 Å². The molecule has 0 saturated heterocycles. The summed E-state index contributed by atoms with van der Waals surface area (Å²) in [5.74, 6) is 0. The van der Waals surface area contributed by atoms with E-state index in [2.05, 4.69) is 4.98 Å². The number of carbonyl (C=O) groups is 1. The number of hydrogen-bond acceptors (Lipinski definition) is 5. The molecule has 1 unspecified atom stereocenters. The Morgan fingerprint density at radius 3 is 2.52 bits per heavy atom. The third kappa shape index (κ3) is 4.17. The fraction of sp³-hybridized carbons (Fsp3) is 0.421. The molecule has 1 aromatic heterocycles. The van der Waals surface area contributed by atoms with Crippen LogP contribution >= 0.6 is 0 Å². The standard InChI is InChI=1S/C19H23N3O4S/c1-19(2,3)26-18(24)21-11-10-15-14(12-21)16(23)22(17(20-15)27(4)25)13-8-6-5-7-9-13/h5-9H,10-12H2,1-4H3. The molecular weight excluding hydrogens is 366 g/mol. The fourth-order valence-corrected chi connectivity index (χ4v) is 3.62. The average Bonchev–Trinajstić information content (AvgIpc) is 2.60. The third-order valence-electron chi connectivity index (χ3n) is 4.12. The lowest BCUT2D eigenvalue weighted by Crippen LogP contribution is -2.43. The first-order valence-corrected chi connectivity index (χ1v) is 10.2. The summed E-state index contributed by atoms with van der Waals surface area (Å²) in [4.78, 5) is 31.6. The first kappa shape index (κ1) is 19.4. The Bertz CT molecular complexity index is 904. The monoisotopic (exact) mass is 389 g/mol. The number of benzene rings is 1. The summed E-state index contributed by atoms with van der Waals surface area (Å²) in [7, 11) is 0. The Morgan fingerprint density at radius 1 is 1.26 bits per heavy atom. The van der Waals surface area contributed by atoms with E-state index in [4.69, 9.17) is 4.74 Å². The zero-order valence-electron chi connectivity index (χ0n) is 15.9. The highest BCUT2D eigenvalue weighted by atomic mass is 32.2. The van der Waals surface area contributed by atoms with Crippen LogP contribution in [0.3, 0.4) is 0 Å². The average molecular weight is 389 g/mol.